The standard InChI is InChI=1S/C21H20F2N4O/c1-12-10-27(20(28)21(2,3)19(22)23)18-15-9-24-8-14(17(15)16(12)18)5-4-13-6-25-11-26-7-13/h6-9,11-12,16,18-19H,10H2,1-3H3/t12-,16?,18+/m0/s1. The van der Waals surface area contributed by atoms with Gasteiger partial charge in [-0.15, -0.1) is 0 Å². The molecule has 1 aliphatic heterocycles. The predicted octanol–water partition coefficient (Wildman–Crippen LogP) is 3.18. The van der Waals surface area contributed by atoms with Gasteiger partial charge in [-0.1, -0.05) is 18.8 Å². The Balaban J connectivity index is 1.68. The van der Waals surface area contributed by atoms with Crippen molar-refractivity contribution in [2.24, 2.45) is 11.3 Å². The van der Waals surface area contributed by atoms with Crippen LogP contribution in [-0.2, 0) is 4.79 Å². The highest BCUT2D eigenvalue weighted by Gasteiger charge is 2.55. The fraction of sp³-hybridized carbons (Fsp3) is 0.429. The molecule has 7 heteroatoms. The first-order chi connectivity index (χ1) is 13.3. The molecule has 28 heavy (non-hydrogen) atoms. The van der Waals surface area contributed by atoms with Gasteiger partial charge in [-0.3, -0.25) is 9.78 Å². The van der Waals surface area contributed by atoms with E-state index in [4.69, 9.17) is 0 Å². The fourth-order valence-corrected chi connectivity index (χ4v) is 4.12. The first-order valence-electron chi connectivity index (χ1n) is 9.16. The van der Waals surface area contributed by atoms with Crippen molar-refractivity contribution < 1.29 is 13.6 Å². The first kappa shape index (κ1) is 18.5. The van der Waals surface area contributed by atoms with E-state index in [1.165, 1.54) is 20.2 Å². The number of halogens is 2. The Morgan fingerprint density at radius 2 is 1.89 bits per heavy atom. The van der Waals surface area contributed by atoms with Crippen LogP contribution in [0, 0.1) is 23.2 Å². The number of aromatic nitrogens is 3. The van der Waals surface area contributed by atoms with E-state index in [9.17, 15) is 13.6 Å². The van der Waals surface area contributed by atoms with Gasteiger partial charge in [-0.2, -0.15) is 0 Å². The van der Waals surface area contributed by atoms with Crippen molar-refractivity contribution in [2.45, 2.75) is 39.2 Å². The minimum absolute atomic E-state index is 0.0896. The Morgan fingerprint density at radius 3 is 2.57 bits per heavy atom. The number of rotatable bonds is 2. The quantitative estimate of drug-likeness (QED) is 0.749. The molecule has 3 heterocycles. The van der Waals surface area contributed by atoms with Crippen molar-refractivity contribution in [1.82, 2.24) is 19.9 Å². The Morgan fingerprint density at radius 1 is 1.18 bits per heavy atom. The molecule has 0 spiro atoms. The largest absolute Gasteiger partial charge is 0.334 e. The summed E-state index contributed by atoms with van der Waals surface area (Å²) < 4.78 is 26.8. The van der Waals surface area contributed by atoms with Gasteiger partial charge in [0, 0.05) is 42.8 Å². The lowest BCUT2D eigenvalue weighted by Gasteiger charge is -2.42. The molecule has 0 bridgehead atoms. The summed E-state index contributed by atoms with van der Waals surface area (Å²) in [7, 11) is 0. The van der Waals surface area contributed by atoms with Crippen LogP contribution in [0.25, 0.3) is 0 Å². The van der Waals surface area contributed by atoms with Gasteiger partial charge in [0.2, 0.25) is 5.91 Å². The molecule has 1 fully saturated rings. The van der Waals surface area contributed by atoms with Gasteiger partial charge >= 0.3 is 0 Å². The Bertz CT molecular complexity index is 981. The van der Waals surface area contributed by atoms with E-state index in [1.54, 1.807) is 29.7 Å². The molecule has 5 nitrogen and oxygen atoms in total. The molecule has 1 amide bonds. The van der Waals surface area contributed by atoms with E-state index in [-0.39, 0.29) is 17.9 Å². The minimum Gasteiger partial charge on any atom is -0.334 e. The molecule has 0 radical (unpaired) electrons. The second kappa shape index (κ2) is 6.62. The average Bonchev–Trinajstić information content (AvgIpc) is 2.95. The third-order valence-electron chi connectivity index (χ3n) is 5.70. The number of alkyl halides is 2. The topological polar surface area (TPSA) is 59.0 Å². The van der Waals surface area contributed by atoms with Crippen LogP contribution in [0.3, 0.4) is 0 Å². The number of likely N-dealkylation sites (tertiary alicyclic amines) is 1. The molecule has 0 N–H and O–H groups in total. The summed E-state index contributed by atoms with van der Waals surface area (Å²) in [5.74, 6) is 5.91. The van der Waals surface area contributed by atoms with Crippen molar-refractivity contribution >= 4 is 5.91 Å². The molecular weight excluding hydrogens is 362 g/mol. The molecule has 2 aromatic rings. The Hall–Kier alpha value is -2.88. The maximum atomic E-state index is 13.4. The van der Waals surface area contributed by atoms with Crippen LogP contribution in [-0.4, -0.2) is 38.7 Å². The van der Waals surface area contributed by atoms with Gasteiger partial charge in [0.15, 0.2) is 0 Å². The van der Waals surface area contributed by atoms with E-state index >= 15 is 0 Å². The summed E-state index contributed by atoms with van der Waals surface area (Å²) in [4.78, 5) is 26.6. The number of hydrogen-bond donors (Lipinski definition) is 0. The van der Waals surface area contributed by atoms with Gasteiger partial charge in [0.05, 0.1) is 11.6 Å². The number of carbonyl (C=O) groups is 1. The Labute approximate surface area is 162 Å². The predicted molar refractivity (Wildman–Crippen MR) is 98.4 cm³/mol. The van der Waals surface area contributed by atoms with Gasteiger partial charge in [-0.05, 0) is 30.9 Å². The normalized spacial score (nSPS) is 22.8. The maximum absolute atomic E-state index is 13.4. The first-order valence-corrected chi connectivity index (χ1v) is 9.16. The number of nitrogens with zero attached hydrogens (tertiary/aromatic N) is 4. The molecule has 1 saturated heterocycles. The molecule has 3 atom stereocenters. The van der Waals surface area contributed by atoms with Gasteiger partial charge in [-0.25, -0.2) is 18.7 Å². The van der Waals surface area contributed by atoms with Crippen LogP contribution in [0.2, 0.25) is 0 Å². The number of carbonyl (C=O) groups excluding carboxylic acids is 1. The third kappa shape index (κ3) is 2.75. The molecule has 0 saturated carbocycles. The van der Waals surface area contributed by atoms with Crippen molar-refractivity contribution in [3.8, 4) is 11.8 Å². The second-order valence-corrected chi connectivity index (χ2v) is 7.99. The lowest BCUT2D eigenvalue weighted by Crippen LogP contribution is -2.46. The molecule has 2 aliphatic rings. The highest BCUT2D eigenvalue weighted by atomic mass is 19.3. The zero-order valence-electron chi connectivity index (χ0n) is 15.9. The van der Waals surface area contributed by atoms with Crippen LogP contribution < -0.4 is 0 Å². The molecule has 2 aromatic heterocycles. The van der Waals surface area contributed by atoms with E-state index in [1.807, 2.05) is 6.92 Å². The fourth-order valence-electron chi connectivity index (χ4n) is 4.12. The van der Waals surface area contributed by atoms with Crippen molar-refractivity contribution in [2.75, 3.05) is 6.54 Å². The van der Waals surface area contributed by atoms with Gasteiger partial charge < -0.3 is 4.90 Å². The molecule has 0 aromatic carbocycles. The minimum atomic E-state index is -2.71. The van der Waals surface area contributed by atoms with Crippen molar-refractivity contribution in [3.63, 3.8) is 0 Å². The number of amides is 1. The highest BCUT2D eigenvalue weighted by molar-refractivity contribution is 5.84. The van der Waals surface area contributed by atoms with Crippen LogP contribution in [0.5, 0.6) is 0 Å². The van der Waals surface area contributed by atoms with Gasteiger partial charge in [0.25, 0.3) is 6.43 Å². The van der Waals surface area contributed by atoms with Crippen molar-refractivity contribution in [1.29, 1.82) is 0 Å². The van der Waals surface area contributed by atoms with E-state index < -0.39 is 17.7 Å². The summed E-state index contributed by atoms with van der Waals surface area (Å²) >= 11 is 0. The van der Waals surface area contributed by atoms with Crippen LogP contribution in [0.1, 0.15) is 55.0 Å². The number of hydrogen-bond acceptors (Lipinski definition) is 4. The number of pyridine rings is 1. The van der Waals surface area contributed by atoms with Crippen LogP contribution in [0.15, 0.2) is 31.1 Å². The Kier molecular flexibility index (Phi) is 4.37. The van der Waals surface area contributed by atoms with Crippen molar-refractivity contribution in [3.05, 3.63) is 53.4 Å². The zero-order chi connectivity index (χ0) is 20.1. The summed E-state index contributed by atoms with van der Waals surface area (Å²) in [5, 5.41) is 0. The molecule has 144 valence electrons. The molecule has 4 rings (SSSR count). The monoisotopic (exact) mass is 382 g/mol. The highest BCUT2D eigenvalue weighted by Crippen LogP contribution is 2.58. The zero-order valence-corrected chi connectivity index (χ0v) is 15.9. The molecule has 1 unspecified atom stereocenters. The SMILES string of the molecule is C[C@H]1CN(C(=O)C(C)(C)C(F)F)[C@@H]2c3cncc(C#Cc4cncnc4)c3C21. The maximum Gasteiger partial charge on any atom is 0.252 e. The second-order valence-electron chi connectivity index (χ2n) is 7.99. The van der Waals surface area contributed by atoms with Crippen LogP contribution in [0.4, 0.5) is 8.78 Å². The van der Waals surface area contributed by atoms with Crippen LogP contribution >= 0.6 is 0 Å². The number of fused-ring (bicyclic) bond motifs is 4. The molecular formula is C21H20F2N4O. The average molecular weight is 382 g/mol. The third-order valence-corrected chi connectivity index (χ3v) is 5.70. The lowest BCUT2D eigenvalue weighted by molar-refractivity contribution is -0.150. The smallest absolute Gasteiger partial charge is 0.252 e. The molecule has 1 aliphatic carbocycles. The summed E-state index contributed by atoms with van der Waals surface area (Å²) in [5.41, 5.74) is 1.77. The summed E-state index contributed by atoms with van der Waals surface area (Å²) in [6.07, 6.45) is 5.44. The lowest BCUT2D eigenvalue weighted by atomic mass is 9.68. The van der Waals surface area contributed by atoms with E-state index in [2.05, 4.69) is 26.8 Å². The summed E-state index contributed by atoms with van der Waals surface area (Å²) in [6.45, 7) is 5.11. The van der Waals surface area contributed by atoms with Gasteiger partial charge in [0.1, 0.15) is 11.7 Å². The summed E-state index contributed by atoms with van der Waals surface area (Å²) in [6, 6.07) is -0.204. The van der Waals surface area contributed by atoms with E-state index in [0.29, 0.717) is 12.1 Å². The van der Waals surface area contributed by atoms with E-state index in [0.717, 1.165) is 16.7 Å².